The van der Waals surface area contributed by atoms with Crippen LogP contribution in [0.4, 0.5) is 0 Å². The molecule has 1 aliphatic carbocycles. The maximum absolute atomic E-state index is 10.9. The fourth-order valence-corrected chi connectivity index (χ4v) is 1.52. The van der Waals surface area contributed by atoms with Crippen LogP contribution < -0.4 is 0 Å². The van der Waals surface area contributed by atoms with Crippen LogP contribution in [0.1, 0.15) is 19.3 Å². The normalized spacial score (nSPS) is 19.4. The van der Waals surface area contributed by atoms with E-state index < -0.39 is 0 Å². The van der Waals surface area contributed by atoms with Crippen molar-refractivity contribution in [1.29, 1.82) is 0 Å². The number of hydrogen-bond acceptors (Lipinski definition) is 2. The fraction of sp³-hybridized carbons (Fsp3) is 0.429. The molecular formula is C7H7O2Se. The first-order valence-electron chi connectivity index (χ1n) is 3.14. The van der Waals surface area contributed by atoms with E-state index in [2.05, 4.69) is 16.0 Å². The van der Waals surface area contributed by atoms with Gasteiger partial charge in [-0.2, -0.15) is 0 Å². The van der Waals surface area contributed by atoms with Gasteiger partial charge in [0.15, 0.2) is 0 Å². The summed E-state index contributed by atoms with van der Waals surface area (Å²) in [5.74, 6) is -0.0370. The third-order valence-corrected chi connectivity index (χ3v) is 2.02. The Morgan fingerprint density at radius 1 is 1.20 bits per heavy atom. The Labute approximate surface area is 67.5 Å². The predicted molar refractivity (Wildman–Crippen MR) is 37.7 cm³/mol. The first kappa shape index (κ1) is 7.70. The minimum atomic E-state index is -0.0185. The summed E-state index contributed by atoms with van der Waals surface area (Å²) in [5, 5.41) is 0. The number of Topliss-reactive ketones (excluding diaryl/α,β-unsaturated/α-hetero) is 2. The molecule has 0 atom stereocenters. The van der Waals surface area contributed by atoms with E-state index in [1.807, 2.05) is 0 Å². The zero-order valence-electron chi connectivity index (χ0n) is 5.42. The van der Waals surface area contributed by atoms with Crippen molar-refractivity contribution in [2.45, 2.75) is 19.3 Å². The Bertz CT molecular complexity index is 188. The van der Waals surface area contributed by atoms with Crippen molar-refractivity contribution in [2.24, 2.45) is 0 Å². The summed E-state index contributed by atoms with van der Waals surface area (Å²) in [7, 11) is 0. The van der Waals surface area contributed by atoms with E-state index in [0.717, 1.165) is 6.42 Å². The van der Waals surface area contributed by atoms with Gasteiger partial charge in [-0.3, -0.25) is 0 Å². The minimum absolute atomic E-state index is 0.0185. The number of ketones is 2. The van der Waals surface area contributed by atoms with Crippen LogP contribution in [0.2, 0.25) is 0 Å². The van der Waals surface area contributed by atoms with Gasteiger partial charge in [0.25, 0.3) is 0 Å². The van der Waals surface area contributed by atoms with Crippen molar-refractivity contribution in [3.8, 4) is 0 Å². The summed E-state index contributed by atoms with van der Waals surface area (Å²) in [6.45, 7) is 0. The molecule has 1 aliphatic rings. The van der Waals surface area contributed by atoms with E-state index >= 15 is 0 Å². The van der Waals surface area contributed by atoms with Crippen molar-refractivity contribution in [3.63, 3.8) is 0 Å². The Hall–Kier alpha value is -0.401. The van der Waals surface area contributed by atoms with Gasteiger partial charge in [0.1, 0.15) is 0 Å². The third kappa shape index (κ3) is 1.36. The molecule has 1 saturated carbocycles. The van der Waals surface area contributed by atoms with Gasteiger partial charge < -0.3 is 0 Å². The summed E-state index contributed by atoms with van der Waals surface area (Å²) in [4.78, 5) is 23.3. The summed E-state index contributed by atoms with van der Waals surface area (Å²) in [6.07, 6.45) is 1.77. The Kier molecular flexibility index (Phi) is 2.41. The molecule has 0 spiro atoms. The van der Waals surface area contributed by atoms with Crippen LogP contribution in [-0.2, 0) is 9.59 Å². The molecule has 0 bridgehead atoms. The Balaban J connectivity index is 2.83. The molecule has 3 heteroatoms. The molecule has 1 fully saturated rings. The molecule has 10 heavy (non-hydrogen) atoms. The molecule has 2 nitrogen and oxygen atoms in total. The monoisotopic (exact) mass is 203 g/mol. The van der Waals surface area contributed by atoms with Gasteiger partial charge in [0.05, 0.1) is 0 Å². The predicted octanol–water partition coefficient (Wildman–Crippen LogP) is 0.361. The average Bonchev–Trinajstić information content (AvgIpc) is 1.88. The van der Waals surface area contributed by atoms with Crippen LogP contribution in [-0.4, -0.2) is 27.6 Å². The molecule has 0 amide bonds. The number of rotatable bonds is 0. The fourth-order valence-electron chi connectivity index (χ4n) is 0.966. The van der Waals surface area contributed by atoms with Crippen molar-refractivity contribution in [3.05, 3.63) is 10.5 Å². The summed E-state index contributed by atoms with van der Waals surface area (Å²) < 4.78 is 0. The molecule has 0 N–H and O–H groups in total. The molecular weight excluding hydrogens is 195 g/mol. The summed E-state index contributed by atoms with van der Waals surface area (Å²) in [6, 6.07) is 0. The van der Waals surface area contributed by atoms with Gasteiger partial charge in [-0.1, -0.05) is 0 Å². The van der Waals surface area contributed by atoms with E-state index in [9.17, 15) is 9.59 Å². The van der Waals surface area contributed by atoms with Gasteiger partial charge in [-0.15, -0.1) is 0 Å². The third-order valence-electron chi connectivity index (χ3n) is 1.53. The van der Waals surface area contributed by atoms with Crippen LogP contribution in [0.5, 0.6) is 0 Å². The molecule has 1 radical (unpaired) electrons. The van der Waals surface area contributed by atoms with Crippen LogP contribution in [0.25, 0.3) is 0 Å². The number of carbonyl (C=O) groups excluding carboxylic acids is 2. The molecule has 0 aliphatic heterocycles. The van der Waals surface area contributed by atoms with Crippen molar-refractivity contribution in [2.75, 3.05) is 0 Å². The van der Waals surface area contributed by atoms with Crippen molar-refractivity contribution < 1.29 is 9.59 Å². The SMILES string of the molecule is O=C1CCCC(=O)C1=C[Se]. The first-order chi connectivity index (χ1) is 4.75. The Morgan fingerprint density at radius 3 is 2.00 bits per heavy atom. The van der Waals surface area contributed by atoms with Crippen LogP contribution in [0.15, 0.2) is 10.5 Å². The maximum atomic E-state index is 10.9. The van der Waals surface area contributed by atoms with Gasteiger partial charge >= 0.3 is 67.0 Å². The average molecular weight is 202 g/mol. The molecule has 0 aromatic heterocycles. The van der Waals surface area contributed by atoms with Crippen LogP contribution in [0.3, 0.4) is 0 Å². The van der Waals surface area contributed by atoms with Crippen molar-refractivity contribution in [1.82, 2.24) is 0 Å². The molecule has 0 heterocycles. The zero-order chi connectivity index (χ0) is 7.56. The van der Waals surface area contributed by atoms with E-state index in [-0.39, 0.29) is 11.6 Å². The number of carbonyl (C=O) groups is 2. The zero-order valence-corrected chi connectivity index (χ0v) is 7.14. The molecule has 53 valence electrons. The molecule has 0 aromatic carbocycles. The van der Waals surface area contributed by atoms with E-state index in [1.165, 1.54) is 4.97 Å². The number of hydrogen-bond donors (Lipinski definition) is 0. The standard InChI is InChI=1S/C7H7O2Se/c8-6-2-1-3-7(9)5(6)4-10/h4H,1-3H2. The van der Waals surface area contributed by atoms with E-state index in [0.29, 0.717) is 18.4 Å². The molecule has 0 aromatic rings. The first-order valence-corrected chi connectivity index (χ1v) is 4.13. The molecule has 1 rings (SSSR count). The quantitative estimate of drug-likeness (QED) is 0.323. The second kappa shape index (κ2) is 3.13. The topological polar surface area (TPSA) is 34.1 Å². The second-order valence-electron chi connectivity index (χ2n) is 2.23. The Morgan fingerprint density at radius 2 is 1.70 bits per heavy atom. The molecule has 0 saturated heterocycles. The summed E-state index contributed by atoms with van der Waals surface area (Å²) in [5.41, 5.74) is 0.353. The van der Waals surface area contributed by atoms with E-state index in [4.69, 9.17) is 0 Å². The van der Waals surface area contributed by atoms with Gasteiger partial charge in [0.2, 0.25) is 0 Å². The van der Waals surface area contributed by atoms with E-state index in [1.54, 1.807) is 0 Å². The van der Waals surface area contributed by atoms with Crippen molar-refractivity contribution >= 4 is 27.6 Å². The molecule has 0 unspecified atom stereocenters. The van der Waals surface area contributed by atoms with Gasteiger partial charge in [-0.25, -0.2) is 0 Å². The summed E-state index contributed by atoms with van der Waals surface area (Å²) >= 11 is 2.57. The van der Waals surface area contributed by atoms with Gasteiger partial charge in [0, 0.05) is 0 Å². The van der Waals surface area contributed by atoms with Crippen LogP contribution >= 0.6 is 0 Å². The van der Waals surface area contributed by atoms with Crippen LogP contribution in [0, 0.1) is 0 Å². The number of allylic oxidation sites excluding steroid dienone is 1. The van der Waals surface area contributed by atoms with Gasteiger partial charge in [-0.05, 0) is 0 Å². The second-order valence-corrected chi connectivity index (χ2v) is 2.73.